The molecule has 1 heterocycles. The zero-order valence-electron chi connectivity index (χ0n) is 19.9. The number of halogens is 2. The number of allylic oxidation sites excluding steroid dienone is 1. The topological polar surface area (TPSA) is 94.6 Å². The minimum Gasteiger partial charge on any atom is -0.429 e. The molecule has 2 aromatic carbocycles. The average molecular weight is 494 g/mol. The van der Waals surface area contributed by atoms with Crippen LogP contribution in [0.4, 0.5) is 8.78 Å². The van der Waals surface area contributed by atoms with E-state index in [1.54, 1.807) is 6.92 Å². The normalized spacial score (nSPS) is 11.2. The molecule has 1 aromatic heterocycles. The summed E-state index contributed by atoms with van der Waals surface area (Å²) < 4.78 is 37.6. The van der Waals surface area contributed by atoms with Crippen molar-refractivity contribution >= 4 is 23.4 Å². The smallest absolute Gasteiger partial charge is 0.333 e. The van der Waals surface area contributed by atoms with E-state index in [2.05, 4.69) is 10.3 Å². The highest BCUT2D eigenvalue weighted by Gasteiger charge is 2.23. The molecule has 0 aliphatic rings. The third-order valence-corrected chi connectivity index (χ3v) is 5.07. The van der Waals surface area contributed by atoms with Crippen LogP contribution >= 0.6 is 0 Å². The fourth-order valence-electron chi connectivity index (χ4n) is 3.26. The third kappa shape index (κ3) is 6.59. The van der Waals surface area contributed by atoms with Crippen molar-refractivity contribution in [2.24, 2.45) is 0 Å². The summed E-state index contributed by atoms with van der Waals surface area (Å²) in [7, 11) is 0. The van der Waals surface area contributed by atoms with E-state index in [-0.39, 0.29) is 23.6 Å². The first kappa shape index (κ1) is 26.2. The number of rotatable bonds is 8. The van der Waals surface area contributed by atoms with Crippen LogP contribution in [0.25, 0.3) is 5.57 Å². The summed E-state index contributed by atoms with van der Waals surface area (Å²) in [5.74, 6) is -2.82. The first-order valence-corrected chi connectivity index (χ1v) is 11.1. The van der Waals surface area contributed by atoms with E-state index < -0.39 is 35.5 Å². The number of aromatic nitrogens is 1. The summed E-state index contributed by atoms with van der Waals surface area (Å²) in [5, 5.41) is 2.48. The summed E-state index contributed by atoms with van der Waals surface area (Å²) in [5.41, 5.74) is 1.37. The maximum absolute atomic E-state index is 13.5. The maximum Gasteiger partial charge on any atom is 0.333 e. The van der Waals surface area contributed by atoms with E-state index in [9.17, 15) is 23.2 Å². The molecule has 0 aliphatic heterocycles. The number of pyridine rings is 1. The number of ether oxygens (including phenoxy) is 2. The van der Waals surface area contributed by atoms with E-state index in [0.717, 1.165) is 0 Å². The lowest BCUT2D eigenvalue weighted by Gasteiger charge is -2.17. The van der Waals surface area contributed by atoms with Crippen LogP contribution in [0.5, 0.6) is 5.75 Å². The number of esters is 2. The van der Waals surface area contributed by atoms with Gasteiger partial charge in [-0.2, -0.15) is 0 Å². The van der Waals surface area contributed by atoms with Gasteiger partial charge < -0.3 is 14.8 Å². The molecule has 0 fully saturated rings. The standard InChI is InChI=1S/C27H24F2N2O5/c1-4-23(32)36-22-6-5-15-30-25(22)26(33)31-16(2)27(34)35-17(3)24(18-7-11-20(28)12-8-18)19-9-13-21(29)14-10-19/h5-16H,4H2,1-3H3,(H,31,33)/t16-/m0/s1. The lowest BCUT2D eigenvalue weighted by Crippen LogP contribution is -2.40. The van der Waals surface area contributed by atoms with E-state index >= 15 is 0 Å². The van der Waals surface area contributed by atoms with E-state index in [4.69, 9.17) is 9.47 Å². The van der Waals surface area contributed by atoms with Crippen molar-refractivity contribution in [3.05, 3.63) is 101 Å². The molecular formula is C27H24F2N2O5. The monoisotopic (exact) mass is 494 g/mol. The van der Waals surface area contributed by atoms with Crippen molar-refractivity contribution in [3.63, 3.8) is 0 Å². The quantitative estimate of drug-likeness (QED) is 0.357. The molecule has 186 valence electrons. The molecule has 9 heteroatoms. The molecule has 0 saturated heterocycles. The Balaban J connectivity index is 1.82. The molecule has 1 N–H and O–H groups in total. The van der Waals surface area contributed by atoms with Crippen LogP contribution in [0, 0.1) is 11.6 Å². The molecule has 0 bridgehead atoms. The van der Waals surface area contributed by atoms with Crippen molar-refractivity contribution in [2.45, 2.75) is 33.2 Å². The molecule has 0 unspecified atom stereocenters. The number of nitrogens with zero attached hydrogens (tertiary/aromatic N) is 1. The van der Waals surface area contributed by atoms with Gasteiger partial charge in [0.15, 0.2) is 11.4 Å². The summed E-state index contributed by atoms with van der Waals surface area (Å²) in [6.07, 6.45) is 1.46. The Hall–Kier alpha value is -4.40. The minimum absolute atomic E-state index is 0.0339. The number of carbonyl (C=O) groups excluding carboxylic acids is 3. The van der Waals surface area contributed by atoms with Gasteiger partial charge in [-0.15, -0.1) is 0 Å². The third-order valence-electron chi connectivity index (χ3n) is 5.07. The highest BCUT2D eigenvalue weighted by molar-refractivity contribution is 5.98. The van der Waals surface area contributed by atoms with E-state index in [1.807, 2.05) is 0 Å². The SMILES string of the molecule is CCC(=O)Oc1cccnc1C(=O)N[C@@H](C)C(=O)OC(C)=C(c1ccc(F)cc1)c1ccc(F)cc1. The highest BCUT2D eigenvalue weighted by atomic mass is 19.1. The minimum atomic E-state index is -1.10. The fourth-order valence-corrected chi connectivity index (χ4v) is 3.26. The molecule has 1 atom stereocenters. The number of carbonyl (C=O) groups is 3. The number of hydrogen-bond acceptors (Lipinski definition) is 6. The van der Waals surface area contributed by atoms with Crippen molar-refractivity contribution < 1.29 is 32.6 Å². The first-order valence-electron chi connectivity index (χ1n) is 11.1. The molecule has 36 heavy (non-hydrogen) atoms. The number of benzene rings is 2. The zero-order valence-corrected chi connectivity index (χ0v) is 19.9. The highest BCUT2D eigenvalue weighted by Crippen LogP contribution is 2.28. The van der Waals surface area contributed by atoms with Crippen LogP contribution in [0.2, 0.25) is 0 Å². The van der Waals surface area contributed by atoms with Gasteiger partial charge in [0.1, 0.15) is 23.4 Å². The molecular weight excluding hydrogens is 470 g/mol. The molecule has 0 saturated carbocycles. The maximum atomic E-state index is 13.5. The van der Waals surface area contributed by atoms with Crippen LogP contribution in [-0.2, 0) is 14.3 Å². The molecule has 3 aromatic rings. The Morgan fingerprint density at radius 2 is 1.50 bits per heavy atom. The molecule has 0 spiro atoms. The van der Waals surface area contributed by atoms with Gasteiger partial charge in [-0.3, -0.25) is 9.59 Å². The molecule has 0 aliphatic carbocycles. The molecule has 3 rings (SSSR count). The van der Waals surface area contributed by atoms with E-state index in [1.165, 1.54) is 80.7 Å². The van der Waals surface area contributed by atoms with Crippen LogP contribution < -0.4 is 10.1 Å². The first-order chi connectivity index (χ1) is 17.2. The van der Waals surface area contributed by atoms with Gasteiger partial charge in [0, 0.05) is 18.2 Å². The number of hydrogen-bond donors (Lipinski definition) is 1. The fraction of sp³-hybridized carbons (Fsp3) is 0.185. The largest absolute Gasteiger partial charge is 0.429 e. The average Bonchev–Trinajstić information content (AvgIpc) is 2.86. The number of nitrogens with one attached hydrogen (secondary N) is 1. The lowest BCUT2D eigenvalue weighted by molar-refractivity contribution is -0.141. The van der Waals surface area contributed by atoms with Crippen LogP contribution in [0.3, 0.4) is 0 Å². The Morgan fingerprint density at radius 3 is 2.03 bits per heavy atom. The van der Waals surface area contributed by atoms with Crippen LogP contribution in [0.1, 0.15) is 48.8 Å². The Bertz CT molecular complexity index is 1240. The van der Waals surface area contributed by atoms with Gasteiger partial charge >= 0.3 is 11.9 Å². The predicted octanol–water partition coefficient (Wildman–Crippen LogP) is 4.82. The van der Waals surface area contributed by atoms with Gasteiger partial charge in [0.25, 0.3) is 5.91 Å². The van der Waals surface area contributed by atoms with Crippen molar-refractivity contribution in [3.8, 4) is 5.75 Å². The summed E-state index contributed by atoms with van der Waals surface area (Å²) in [4.78, 5) is 41.1. The number of amides is 1. The molecule has 0 radical (unpaired) electrons. The zero-order chi connectivity index (χ0) is 26.2. The Morgan fingerprint density at radius 1 is 0.944 bits per heavy atom. The van der Waals surface area contributed by atoms with Crippen molar-refractivity contribution in [2.75, 3.05) is 0 Å². The van der Waals surface area contributed by atoms with Gasteiger partial charge in [0.05, 0.1) is 0 Å². The summed E-state index contributed by atoms with van der Waals surface area (Å²) in [6, 6.07) is 12.9. The van der Waals surface area contributed by atoms with Gasteiger partial charge in [-0.05, 0) is 61.4 Å². The van der Waals surface area contributed by atoms with Crippen molar-refractivity contribution in [1.82, 2.24) is 10.3 Å². The molecule has 7 nitrogen and oxygen atoms in total. The second-order valence-corrected chi connectivity index (χ2v) is 7.74. The summed E-state index contributed by atoms with van der Waals surface area (Å²) in [6.45, 7) is 4.57. The second-order valence-electron chi connectivity index (χ2n) is 7.74. The van der Waals surface area contributed by atoms with Crippen molar-refractivity contribution in [1.29, 1.82) is 0 Å². The van der Waals surface area contributed by atoms with Gasteiger partial charge in [-0.25, -0.2) is 18.6 Å². The Kier molecular flexibility index (Phi) is 8.61. The Labute approximate surface area is 206 Å². The van der Waals surface area contributed by atoms with Crippen LogP contribution in [0.15, 0.2) is 72.6 Å². The summed E-state index contributed by atoms with van der Waals surface area (Å²) >= 11 is 0. The van der Waals surface area contributed by atoms with Gasteiger partial charge in [-0.1, -0.05) is 31.2 Å². The van der Waals surface area contributed by atoms with Crippen LogP contribution in [-0.4, -0.2) is 28.9 Å². The predicted molar refractivity (Wildman–Crippen MR) is 128 cm³/mol. The van der Waals surface area contributed by atoms with E-state index in [0.29, 0.717) is 16.7 Å². The van der Waals surface area contributed by atoms with Gasteiger partial charge in [0.2, 0.25) is 0 Å². The molecule has 1 amide bonds. The lowest BCUT2D eigenvalue weighted by atomic mass is 9.97. The second kappa shape index (κ2) is 11.8.